The molecule has 0 aliphatic heterocycles. The van der Waals surface area contributed by atoms with Gasteiger partial charge >= 0.3 is 0 Å². The highest BCUT2D eigenvalue weighted by Crippen LogP contribution is 2.41. The lowest BCUT2D eigenvalue weighted by Gasteiger charge is -2.18. The van der Waals surface area contributed by atoms with Crippen LogP contribution in [0.15, 0.2) is 23.0 Å². The van der Waals surface area contributed by atoms with E-state index in [0.29, 0.717) is 32.4 Å². The zero-order valence-electron chi connectivity index (χ0n) is 14.9. The van der Waals surface area contributed by atoms with E-state index in [9.17, 15) is 9.59 Å². The lowest BCUT2D eigenvalue weighted by atomic mass is 10.1. The van der Waals surface area contributed by atoms with Gasteiger partial charge in [-0.1, -0.05) is 6.07 Å². The monoisotopic (exact) mass is 368 g/mol. The quantitative estimate of drug-likeness (QED) is 0.740. The number of rotatable bonds is 4. The van der Waals surface area contributed by atoms with Crippen molar-refractivity contribution in [2.75, 3.05) is 0 Å². The van der Waals surface area contributed by atoms with Gasteiger partial charge in [-0.2, -0.15) is 0 Å². The first-order valence-electron chi connectivity index (χ1n) is 8.68. The van der Waals surface area contributed by atoms with Gasteiger partial charge in [-0.3, -0.25) is 14.6 Å². The molecule has 6 nitrogen and oxygen atoms in total. The highest BCUT2D eigenvalue weighted by Gasteiger charge is 2.35. The molecule has 1 saturated carbocycles. The van der Waals surface area contributed by atoms with Crippen LogP contribution in [0.25, 0.3) is 10.2 Å². The van der Waals surface area contributed by atoms with Gasteiger partial charge in [-0.05, 0) is 57.2 Å². The summed E-state index contributed by atoms with van der Waals surface area (Å²) in [6.45, 7) is 5.49. The number of thiophene rings is 1. The minimum Gasteiger partial charge on any atom is -0.343 e. The molecule has 2 N–H and O–H groups in total. The van der Waals surface area contributed by atoms with E-state index in [1.807, 2.05) is 25.1 Å². The zero-order valence-corrected chi connectivity index (χ0v) is 15.7. The number of pyridine rings is 1. The molecule has 1 aliphatic rings. The van der Waals surface area contributed by atoms with Crippen LogP contribution in [0, 0.1) is 26.7 Å². The molecule has 3 aromatic rings. The molecule has 0 spiro atoms. The Bertz CT molecular complexity index is 1070. The number of carbonyl (C=O) groups excluding carboxylic acids is 1. The Balaban J connectivity index is 1.69. The minimum absolute atomic E-state index is 0.0972. The first kappa shape index (κ1) is 16.9. The maximum absolute atomic E-state index is 13.0. The number of aromatic nitrogens is 3. The van der Waals surface area contributed by atoms with E-state index in [0.717, 1.165) is 24.2 Å². The summed E-state index contributed by atoms with van der Waals surface area (Å²) in [5.41, 5.74) is 2.32. The molecule has 4 rings (SSSR count). The number of aryl methyl sites for hydroxylation is 3. The third kappa shape index (κ3) is 3.03. The molecule has 0 radical (unpaired) electrons. The molecule has 26 heavy (non-hydrogen) atoms. The van der Waals surface area contributed by atoms with E-state index in [1.165, 1.54) is 11.3 Å². The number of hydrogen-bond donors (Lipinski definition) is 2. The zero-order chi connectivity index (χ0) is 18.4. The van der Waals surface area contributed by atoms with E-state index in [-0.39, 0.29) is 17.5 Å². The highest BCUT2D eigenvalue weighted by atomic mass is 32.1. The standard InChI is InChI=1S/C19H20N4O2S/c1-9-5-4-6-13(20-9)15(12-7-8-12)23-18(25)16-10(2)14-17(24)21-11(3)22-19(14)26-16/h4-6,12,15H,7-8H2,1-3H3,(H,23,25)(H,21,22,24)/t15-/m0/s1. The van der Waals surface area contributed by atoms with Crippen molar-refractivity contribution in [1.82, 2.24) is 20.3 Å². The number of amides is 1. The van der Waals surface area contributed by atoms with Gasteiger partial charge in [0.1, 0.15) is 10.7 Å². The summed E-state index contributed by atoms with van der Waals surface area (Å²) >= 11 is 1.27. The SMILES string of the molecule is Cc1cccc([C@@H](NC(=O)c2sc3nc(C)[nH]c(=O)c3c2C)C2CC2)n1. The average molecular weight is 368 g/mol. The second-order valence-electron chi connectivity index (χ2n) is 6.88. The van der Waals surface area contributed by atoms with Crippen LogP contribution in [0.2, 0.25) is 0 Å². The number of nitrogens with one attached hydrogen (secondary N) is 2. The molecule has 7 heteroatoms. The predicted octanol–water partition coefficient (Wildman–Crippen LogP) is 3.19. The van der Waals surface area contributed by atoms with Gasteiger partial charge in [-0.25, -0.2) is 4.98 Å². The average Bonchev–Trinajstić information content (AvgIpc) is 3.36. The number of nitrogens with zero attached hydrogens (tertiary/aromatic N) is 2. The van der Waals surface area contributed by atoms with Crippen LogP contribution in [-0.2, 0) is 0 Å². The summed E-state index contributed by atoms with van der Waals surface area (Å²) in [6, 6.07) is 5.78. The molecule has 3 heterocycles. The molecule has 3 aromatic heterocycles. The van der Waals surface area contributed by atoms with Gasteiger partial charge in [-0.15, -0.1) is 11.3 Å². The van der Waals surface area contributed by atoms with Crippen molar-refractivity contribution in [3.05, 3.63) is 56.2 Å². The fourth-order valence-corrected chi connectivity index (χ4v) is 4.41. The molecule has 0 saturated heterocycles. The highest BCUT2D eigenvalue weighted by molar-refractivity contribution is 7.20. The van der Waals surface area contributed by atoms with Crippen LogP contribution >= 0.6 is 11.3 Å². The summed E-state index contributed by atoms with van der Waals surface area (Å²) in [6.07, 6.45) is 2.18. The van der Waals surface area contributed by atoms with Crippen LogP contribution in [0.5, 0.6) is 0 Å². The van der Waals surface area contributed by atoms with E-state index in [1.54, 1.807) is 13.8 Å². The van der Waals surface area contributed by atoms with E-state index >= 15 is 0 Å². The normalized spacial score (nSPS) is 15.2. The number of fused-ring (bicyclic) bond motifs is 1. The maximum Gasteiger partial charge on any atom is 0.262 e. The first-order chi connectivity index (χ1) is 12.4. The lowest BCUT2D eigenvalue weighted by Crippen LogP contribution is -2.30. The van der Waals surface area contributed by atoms with Crippen LogP contribution in [0.1, 0.15) is 51.3 Å². The second kappa shape index (κ2) is 6.32. The Hall–Kier alpha value is -2.54. The van der Waals surface area contributed by atoms with E-state index < -0.39 is 0 Å². The third-order valence-corrected chi connectivity index (χ3v) is 5.92. The molecule has 1 aliphatic carbocycles. The molecule has 1 amide bonds. The van der Waals surface area contributed by atoms with Crippen LogP contribution in [0.3, 0.4) is 0 Å². The van der Waals surface area contributed by atoms with E-state index in [4.69, 9.17) is 0 Å². The molecule has 0 bridgehead atoms. The minimum atomic E-state index is -0.195. The Labute approximate surface area is 154 Å². The Morgan fingerprint density at radius 3 is 2.73 bits per heavy atom. The fourth-order valence-electron chi connectivity index (χ4n) is 3.28. The van der Waals surface area contributed by atoms with Gasteiger partial charge in [0, 0.05) is 5.69 Å². The smallest absolute Gasteiger partial charge is 0.262 e. The molecular weight excluding hydrogens is 348 g/mol. The van der Waals surface area contributed by atoms with Crippen molar-refractivity contribution in [2.45, 2.75) is 39.7 Å². The topological polar surface area (TPSA) is 87.7 Å². The van der Waals surface area contributed by atoms with Gasteiger partial charge in [0.15, 0.2) is 0 Å². The van der Waals surface area contributed by atoms with Gasteiger partial charge in [0.25, 0.3) is 11.5 Å². The number of hydrogen-bond acceptors (Lipinski definition) is 5. The molecule has 0 aromatic carbocycles. The van der Waals surface area contributed by atoms with Crippen molar-refractivity contribution in [1.29, 1.82) is 0 Å². The largest absolute Gasteiger partial charge is 0.343 e. The molecule has 1 fully saturated rings. The Morgan fingerprint density at radius 1 is 1.27 bits per heavy atom. The van der Waals surface area contributed by atoms with Crippen molar-refractivity contribution in [3.8, 4) is 0 Å². The molecule has 1 atom stereocenters. The van der Waals surface area contributed by atoms with Crippen molar-refractivity contribution < 1.29 is 4.79 Å². The molecule has 134 valence electrons. The van der Waals surface area contributed by atoms with Crippen molar-refractivity contribution in [2.24, 2.45) is 5.92 Å². The molecule has 0 unspecified atom stereocenters. The Kier molecular flexibility index (Phi) is 4.11. The van der Waals surface area contributed by atoms with Crippen molar-refractivity contribution in [3.63, 3.8) is 0 Å². The summed E-state index contributed by atoms with van der Waals surface area (Å²) in [5, 5.41) is 3.65. The summed E-state index contributed by atoms with van der Waals surface area (Å²) in [5.74, 6) is 0.810. The third-order valence-electron chi connectivity index (χ3n) is 4.73. The van der Waals surface area contributed by atoms with Crippen LogP contribution < -0.4 is 10.9 Å². The van der Waals surface area contributed by atoms with Crippen molar-refractivity contribution >= 4 is 27.5 Å². The number of aromatic amines is 1. The summed E-state index contributed by atoms with van der Waals surface area (Å²) in [4.78, 5) is 38.0. The first-order valence-corrected chi connectivity index (χ1v) is 9.50. The van der Waals surface area contributed by atoms with Gasteiger partial charge < -0.3 is 10.3 Å². The van der Waals surface area contributed by atoms with Gasteiger partial charge in [0.05, 0.1) is 22.0 Å². The predicted molar refractivity (Wildman–Crippen MR) is 102 cm³/mol. The second-order valence-corrected chi connectivity index (χ2v) is 7.88. The fraction of sp³-hybridized carbons (Fsp3) is 0.368. The lowest BCUT2D eigenvalue weighted by molar-refractivity contribution is 0.0934. The van der Waals surface area contributed by atoms with Gasteiger partial charge in [0.2, 0.25) is 0 Å². The number of H-pyrrole nitrogens is 1. The van der Waals surface area contributed by atoms with Crippen LogP contribution in [0.4, 0.5) is 0 Å². The van der Waals surface area contributed by atoms with E-state index in [2.05, 4.69) is 20.3 Å². The maximum atomic E-state index is 13.0. The molecular formula is C19H20N4O2S. The van der Waals surface area contributed by atoms with Crippen LogP contribution in [-0.4, -0.2) is 20.9 Å². The number of carbonyl (C=O) groups is 1. The summed E-state index contributed by atoms with van der Waals surface area (Å²) < 4.78 is 0. The Morgan fingerprint density at radius 2 is 2.04 bits per heavy atom. The summed E-state index contributed by atoms with van der Waals surface area (Å²) in [7, 11) is 0.